The van der Waals surface area contributed by atoms with Crippen LogP contribution in [0.3, 0.4) is 0 Å². The first-order chi connectivity index (χ1) is 34.3. The lowest BCUT2D eigenvalue weighted by Gasteiger charge is -2.38. The van der Waals surface area contributed by atoms with Gasteiger partial charge >= 0.3 is 11.9 Å². The average Bonchev–Trinajstić information content (AvgIpc) is 3.38. The lowest BCUT2D eigenvalue weighted by atomic mass is 9.66. The lowest BCUT2D eigenvalue weighted by molar-refractivity contribution is 0.0552. The Morgan fingerprint density at radius 3 is 0.743 bits per heavy atom. The second kappa shape index (κ2) is 29.3. The molecule has 0 bridgehead atoms. The third-order valence-electron chi connectivity index (χ3n) is 17.3. The zero-order valence-corrected chi connectivity index (χ0v) is 46.5. The van der Waals surface area contributed by atoms with Crippen LogP contribution < -0.4 is 0 Å². The molecule has 70 heavy (non-hydrogen) atoms. The first kappa shape index (κ1) is 55.9. The van der Waals surface area contributed by atoms with Gasteiger partial charge in [0.05, 0.1) is 25.3 Å². The molecular weight excluding hydrogens is 857 g/mol. The fourth-order valence-corrected chi connectivity index (χ4v) is 13.6. The first-order valence-corrected chi connectivity index (χ1v) is 30.0. The fourth-order valence-electron chi connectivity index (χ4n) is 13.6. The molecule has 0 aromatic heterocycles. The highest BCUT2D eigenvalue weighted by atomic mass is 16.5. The standard InChI is InChI=1S/C66H100O4/c1-9-15-21-27-35-49-47-39-33-34-40-48(47)50(36-28-22-16-10-2)56-44-58-52(38-30-24-18-12-4)60-46-62-54(42-32-26-20-14-6)64(66(68)70-8)63(65(67)69-7)53(41-31-25-19-13-5)61(62)45-59(60)51(37-29-23-17-11-3)57(58)43-55(49)56/h9-46H2,1-8H3. The van der Waals surface area contributed by atoms with Crippen molar-refractivity contribution < 1.29 is 19.1 Å². The summed E-state index contributed by atoms with van der Waals surface area (Å²) in [5, 5.41) is 0. The van der Waals surface area contributed by atoms with E-state index in [2.05, 4.69) is 41.5 Å². The average molecular weight is 958 g/mol. The molecule has 0 spiro atoms. The second-order valence-electron chi connectivity index (χ2n) is 22.2. The number of hydrogen-bond donors (Lipinski definition) is 0. The normalized spacial score (nSPS) is 13.7. The second-order valence-corrected chi connectivity index (χ2v) is 22.2. The molecule has 4 nitrogen and oxygen atoms in total. The van der Waals surface area contributed by atoms with Crippen molar-refractivity contribution in [3.05, 3.63) is 100 Å². The number of fused-ring (bicyclic) bond motifs is 5. The van der Waals surface area contributed by atoms with E-state index in [9.17, 15) is 9.59 Å². The van der Waals surface area contributed by atoms with Crippen molar-refractivity contribution in [1.82, 2.24) is 0 Å². The van der Waals surface area contributed by atoms with E-state index in [4.69, 9.17) is 9.47 Å². The minimum Gasteiger partial charge on any atom is -0.465 e. The molecule has 0 heterocycles. The Bertz CT molecular complexity index is 2020. The van der Waals surface area contributed by atoms with Gasteiger partial charge in [0.2, 0.25) is 0 Å². The summed E-state index contributed by atoms with van der Waals surface area (Å²) in [4.78, 5) is 28.7. The van der Waals surface area contributed by atoms with Crippen molar-refractivity contribution in [3.63, 3.8) is 0 Å². The SMILES string of the molecule is CCCCCCc1c2c(c(CCCCCC)c3c1Cc1c(CCCCCC)c4c(c(CCCCCC)c1C3)Cc1c(c(CCCCCC)c(C(=O)OC)c(C(=O)OC)c1CCCCCC)C4)CCCC2. The summed E-state index contributed by atoms with van der Waals surface area (Å²) in [6, 6.07) is 0. The summed E-state index contributed by atoms with van der Waals surface area (Å²) in [5.74, 6) is -0.763. The van der Waals surface area contributed by atoms with Crippen molar-refractivity contribution >= 4 is 11.9 Å². The Kier molecular flexibility index (Phi) is 23.4. The molecule has 0 atom stereocenters. The van der Waals surface area contributed by atoms with Crippen LogP contribution in [0.2, 0.25) is 0 Å². The van der Waals surface area contributed by atoms with Crippen LogP contribution in [0.4, 0.5) is 0 Å². The Balaban J connectivity index is 1.66. The van der Waals surface area contributed by atoms with Crippen molar-refractivity contribution in [1.29, 1.82) is 0 Å². The number of esters is 2. The highest BCUT2D eigenvalue weighted by Crippen LogP contribution is 2.48. The zero-order chi connectivity index (χ0) is 49.8. The molecule has 0 aliphatic heterocycles. The lowest BCUT2D eigenvalue weighted by Crippen LogP contribution is -2.27. The van der Waals surface area contributed by atoms with Gasteiger partial charge in [0.25, 0.3) is 0 Å². The molecule has 0 unspecified atom stereocenters. The van der Waals surface area contributed by atoms with Crippen molar-refractivity contribution in [2.45, 2.75) is 286 Å². The van der Waals surface area contributed by atoms with Gasteiger partial charge in [-0.1, -0.05) is 157 Å². The van der Waals surface area contributed by atoms with Gasteiger partial charge in [-0.2, -0.15) is 0 Å². The summed E-state index contributed by atoms with van der Waals surface area (Å²) < 4.78 is 11.4. The van der Waals surface area contributed by atoms with E-state index in [1.807, 2.05) is 0 Å². The number of carbonyl (C=O) groups excluding carboxylic acids is 2. The molecule has 6 rings (SSSR count). The topological polar surface area (TPSA) is 52.6 Å². The van der Waals surface area contributed by atoms with Gasteiger partial charge in [0.1, 0.15) is 0 Å². The van der Waals surface area contributed by atoms with Gasteiger partial charge in [-0.05, 0) is 217 Å². The Labute approximate surface area is 429 Å². The molecule has 0 fully saturated rings. The number of benzene rings is 3. The van der Waals surface area contributed by atoms with Gasteiger partial charge in [-0.25, -0.2) is 9.59 Å². The van der Waals surface area contributed by atoms with Crippen LogP contribution >= 0.6 is 0 Å². The largest absolute Gasteiger partial charge is 0.465 e. The number of hydrogen-bond acceptors (Lipinski definition) is 4. The van der Waals surface area contributed by atoms with Crippen molar-refractivity contribution in [2.75, 3.05) is 14.2 Å². The van der Waals surface area contributed by atoms with Gasteiger partial charge in [0.15, 0.2) is 0 Å². The first-order valence-electron chi connectivity index (χ1n) is 30.0. The summed E-state index contributed by atoms with van der Waals surface area (Å²) in [7, 11) is 2.99. The molecule has 3 aliphatic rings. The molecule has 4 heteroatoms. The quantitative estimate of drug-likeness (QED) is 0.0318. The molecule has 3 aromatic rings. The van der Waals surface area contributed by atoms with Crippen LogP contribution in [-0.4, -0.2) is 26.2 Å². The summed E-state index contributed by atoms with van der Waals surface area (Å²) in [5.41, 5.74) is 26.3. The predicted octanol–water partition coefficient (Wildman–Crippen LogP) is 17.9. The highest BCUT2D eigenvalue weighted by Gasteiger charge is 2.38. The van der Waals surface area contributed by atoms with Gasteiger partial charge < -0.3 is 9.47 Å². The molecule has 3 aromatic carbocycles. The Morgan fingerprint density at radius 1 is 0.300 bits per heavy atom. The Morgan fingerprint density at radius 2 is 0.514 bits per heavy atom. The van der Waals surface area contributed by atoms with E-state index < -0.39 is 0 Å². The maximum absolute atomic E-state index is 14.4. The van der Waals surface area contributed by atoms with Crippen LogP contribution in [0, 0.1) is 0 Å². The van der Waals surface area contributed by atoms with E-state index in [1.165, 1.54) is 179 Å². The monoisotopic (exact) mass is 957 g/mol. The highest BCUT2D eigenvalue weighted by molar-refractivity contribution is 6.06. The number of carbonyl (C=O) groups is 2. The van der Waals surface area contributed by atoms with E-state index in [-0.39, 0.29) is 11.9 Å². The third-order valence-corrected chi connectivity index (χ3v) is 17.3. The van der Waals surface area contributed by atoms with E-state index in [1.54, 1.807) is 66.8 Å². The minimum atomic E-state index is -0.381. The van der Waals surface area contributed by atoms with Crippen LogP contribution in [0.15, 0.2) is 0 Å². The van der Waals surface area contributed by atoms with Crippen molar-refractivity contribution in [3.8, 4) is 0 Å². The number of ether oxygens (including phenoxy) is 2. The van der Waals surface area contributed by atoms with E-state index in [0.717, 1.165) is 101 Å². The smallest absolute Gasteiger partial charge is 0.339 e. The fraction of sp³-hybridized carbons (Fsp3) is 0.697. The predicted molar refractivity (Wildman–Crippen MR) is 297 cm³/mol. The molecule has 0 saturated heterocycles. The molecular formula is C66H100O4. The summed E-state index contributed by atoms with van der Waals surface area (Å²) in [6.45, 7) is 13.9. The molecule has 388 valence electrons. The van der Waals surface area contributed by atoms with E-state index in [0.29, 0.717) is 11.1 Å². The molecule has 3 aliphatic carbocycles. The van der Waals surface area contributed by atoms with Crippen molar-refractivity contribution in [2.24, 2.45) is 0 Å². The molecule has 0 saturated carbocycles. The summed E-state index contributed by atoms with van der Waals surface area (Å²) >= 11 is 0. The van der Waals surface area contributed by atoms with E-state index >= 15 is 0 Å². The number of methoxy groups -OCH3 is 2. The number of unbranched alkanes of at least 4 members (excludes halogenated alkanes) is 18. The van der Waals surface area contributed by atoms with Gasteiger partial charge in [-0.15, -0.1) is 0 Å². The van der Waals surface area contributed by atoms with Gasteiger partial charge in [0, 0.05) is 0 Å². The third kappa shape index (κ3) is 13.4. The van der Waals surface area contributed by atoms with Crippen LogP contribution in [0.1, 0.15) is 318 Å². The molecule has 0 radical (unpaired) electrons. The van der Waals surface area contributed by atoms with Crippen LogP contribution in [0.5, 0.6) is 0 Å². The van der Waals surface area contributed by atoms with Crippen LogP contribution in [-0.2, 0) is 86.5 Å². The molecule has 0 N–H and O–H groups in total. The number of rotatable bonds is 32. The van der Waals surface area contributed by atoms with Gasteiger partial charge in [-0.3, -0.25) is 0 Å². The summed E-state index contributed by atoms with van der Waals surface area (Å²) in [6.07, 6.45) is 44.8. The minimum absolute atomic E-state index is 0.381. The van der Waals surface area contributed by atoms with Crippen LogP contribution in [0.25, 0.3) is 0 Å². The molecule has 0 amide bonds. The maximum atomic E-state index is 14.4. The maximum Gasteiger partial charge on any atom is 0.339 e. The zero-order valence-electron chi connectivity index (χ0n) is 46.5. The Hall–Kier alpha value is -3.40.